The van der Waals surface area contributed by atoms with Crippen LogP contribution in [0.4, 0.5) is 0 Å². The molecule has 0 aromatic heterocycles. The quantitative estimate of drug-likeness (QED) is 0.822. The van der Waals surface area contributed by atoms with Crippen LogP contribution in [0.15, 0.2) is 53.4 Å². The fourth-order valence-corrected chi connectivity index (χ4v) is 2.79. The number of hydrogen-bond donors (Lipinski definition) is 1. The van der Waals surface area contributed by atoms with Gasteiger partial charge in [0.1, 0.15) is 5.75 Å². The summed E-state index contributed by atoms with van der Waals surface area (Å²) in [6.07, 6.45) is 0.296. The van der Waals surface area contributed by atoms with Crippen LogP contribution in [0.2, 0.25) is 0 Å². The van der Waals surface area contributed by atoms with Gasteiger partial charge in [0.05, 0.1) is 13.2 Å². The van der Waals surface area contributed by atoms with E-state index < -0.39 is 0 Å². The molecule has 1 N–H and O–H groups in total. The molecule has 1 atom stereocenters. The van der Waals surface area contributed by atoms with Crippen LogP contribution < -0.4 is 4.74 Å². The van der Waals surface area contributed by atoms with Crippen LogP contribution >= 0.6 is 11.8 Å². The van der Waals surface area contributed by atoms with Crippen LogP contribution in [0.1, 0.15) is 11.1 Å². The van der Waals surface area contributed by atoms with Crippen molar-refractivity contribution in [2.45, 2.75) is 24.3 Å². The number of rotatable bonds is 6. The van der Waals surface area contributed by atoms with Gasteiger partial charge in [-0.2, -0.15) is 0 Å². The second-order valence-electron chi connectivity index (χ2n) is 4.83. The summed E-state index contributed by atoms with van der Waals surface area (Å²) in [6.45, 7) is 2.08. The highest BCUT2D eigenvalue weighted by Crippen LogP contribution is 2.21. The van der Waals surface area contributed by atoms with Crippen LogP contribution in [-0.2, 0) is 6.42 Å². The maximum atomic E-state index is 10.1. The molecule has 0 aliphatic carbocycles. The Balaban J connectivity index is 1.85. The van der Waals surface area contributed by atoms with Crippen molar-refractivity contribution in [2.24, 2.45) is 0 Å². The lowest BCUT2D eigenvalue weighted by Gasteiger charge is -2.11. The van der Waals surface area contributed by atoms with E-state index in [2.05, 4.69) is 31.2 Å². The summed E-state index contributed by atoms with van der Waals surface area (Å²) in [4.78, 5) is 1.19. The van der Waals surface area contributed by atoms with Crippen LogP contribution in [0.3, 0.4) is 0 Å². The molecule has 0 saturated heterocycles. The first kappa shape index (κ1) is 14.9. The van der Waals surface area contributed by atoms with Crippen molar-refractivity contribution in [3.63, 3.8) is 0 Å². The molecule has 2 aromatic carbocycles. The summed E-state index contributed by atoms with van der Waals surface area (Å²) in [5.74, 6) is 1.53. The van der Waals surface area contributed by atoms with E-state index in [1.54, 1.807) is 18.9 Å². The molecule has 0 spiro atoms. The van der Waals surface area contributed by atoms with E-state index in [9.17, 15) is 5.11 Å². The molecule has 106 valence electrons. The number of ether oxygens (including phenoxy) is 1. The SMILES string of the molecule is COc1cccc(CC(O)CSc2ccc(C)cc2)c1. The van der Waals surface area contributed by atoms with Gasteiger partial charge in [0, 0.05) is 10.6 Å². The Hall–Kier alpha value is -1.45. The first-order chi connectivity index (χ1) is 9.67. The maximum absolute atomic E-state index is 10.1. The Labute approximate surface area is 124 Å². The number of hydrogen-bond acceptors (Lipinski definition) is 3. The zero-order valence-corrected chi connectivity index (χ0v) is 12.7. The first-order valence-corrected chi connectivity index (χ1v) is 7.66. The summed E-state index contributed by atoms with van der Waals surface area (Å²) in [5, 5.41) is 10.1. The molecule has 0 bridgehead atoms. The lowest BCUT2D eigenvalue weighted by molar-refractivity contribution is 0.200. The van der Waals surface area contributed by atoms with Gasteiger partial charge in [-0.25, -0.2) is 0 Å². The molecule has 1 unspecified atom stereocenters. The van der Waals surface area contributed by atoms with Gasteiger partial charge < -0.3 is 9.84 Å². The second kappa shape index (κ2) is 7.36. The average molecular weight is 288 g/mol. The molecule has 2 aromatic rings. The normalized spacial score (nSPS) is 12.2. The topological polar surface area (TPSA) is 29.5 Å². The molecule has 0 aliphatic rings. The smallest absolute Gasteiger partial charge is 0.119 e. The number of methoxy groups -OCH3 is 1. The predicted octanol–water partition coefficient (Wildman–Crippen LogP) is 3.70. The summed E-state index contributed by atoms with van der Waals surface area (Å²) >= 11 is 1.69. The van der Waals surface area contributed by atoms with Gasteiger partial charge in [-0.1, -0.05) is 29.8 Å². The maximum Gasteiger partial charge on any atom is 0.119 e. The fraction of sp³-hybridized carbons (Fsp3) is 0.294. The molecule has 2 rings (SSSR count). The Bertz CT molecular complexity index is 537. The van der Waals surface area contributed by atoms with E-state index in [4.69, 9.17) is 4.74 Å². The molecule has 3 heteroatoms. The van der Waals surface area contributed by atoms with Gasteiger partial charge in [0.15, 0.2) is 0 Å². The highest BCUT2D eigenvalue weighted by Gasteiger charge is 2.07. The van der Waals surface area contributed by atoms with Gasteiger partial charge >= 0.3 is 0 Å². The zero-order chi connectivity index (χ0) is 14.4. The lowest BCUT2D eigenvalue weighted by atomic mass is 10.1. The Kier molecular flexibility index (Phi) is 5.50. The molecule has 20 heavy (non-hydrogen) atoms. The van der Waals surface area contributed by atoms with Crippen LogP contribution in [0.25, 0.3) is 0 Å². The average Bonchev–Trinajstić information content (AvgIpc) is 2.47. The Morgan fingerprint density at radius 2 is 1.90 bits per heavy atom. The second-order valence-corrected chi connectivity index (χ2v) is 5.93. The molecule has 0 heterocycles. The van der Waals surface area contributed by atoms with Crippen LogP contribution in [0, 0.1) is 6.92 Å². The van der Waals surface area contributed by atoms with Crippen molar-refractivity contribution in [3.8, 4) is 5.75 Å². The molecule has 2 nitrogen and oxygen atoms in total. The Morgan fingerprint density at radius 1 is 1.15 bits per heavy atom. The third kappa shape index (κ3) is 4.58. The molecule has 0 fully saturated rings. The summed E-state index contributed by atoms with van der Waals surface area (Å²) in [7, 11) is 1.66. The van der Waals surface area contributed by atoms with E-state index >= 15 is 0 Å². The highest BCUT2D eigenvalue weighted by atomic mass is 32.2. The predicted molar refractivity (Wildman–Crippen MR) is 84.6 cm³/mol. The third-order valence-corrected chi connectivity index (χ3v) is 4.23. The van der Waals surface area contributed by atoms with E-state index in [0.717, 1.165) is 11.3 Å². The highest BCUT2D eigenvalue weighted by molar-refractivity contribution is 7.99. The molecule has 0 saturated carbocycles. The van der Waals surface area contributed by atoms with E-state index in [0.29, 0.717) is 12.2 Å². The molecule has 0 amide bonds. The van der Waals surface area contributed by atoms with Crippen molar-refractivity contribution >= 4 is 11.8 Å². The van der Waals surface area contributed by atoms with E-state index in [1.165, 1.54) is 10.5 Å². The molecule has 0 radical (unpaired) electrons. The minimum atomic E-state index is -0.353. The van der Waals surface area contributed by atoms with Crippen molar-refractivity contribution in [1.82, 2.24) is 0 Å². The number of aliphatic hydroxyl groups is 1. The van der Waals surface area contributed by atoms with Gasteiger partial charge in [-0.3, -0.25) is 0 Å². The zero-order valence-electron chi connectivity index (χ0n) is 11.9. The minimum absolute atomic E-state index is 0.353. The van der Waals surface area contributed by atoms with Gasteiger partial charge in [0.25, 0.3) is 0 Å². The largest absolute Gasteiger partial charge is 0.497 e. The van der Waals surface area contributed by atoms with Crippen molar-refractivity contribution in [3.05, 3.63) is 59.7 Å². The monoisotopic (exact) mass is 288 g/mol. The molecular weight excluding hydrogens is 268 g/mol. The summed E-state index contributed by atoms with van der Waals surface area (Å²) < 4.78 is 5.19. The number of thioether (sulfide) groups is 1. The van der Waals surface area contributed by atoms with Gasteiger partial charge in [-0.15, -0.1) is 11.8 Å². The molecule has 0 aliphatic heterocycles. The number of aryl methyl sites for hydroxylation is 1. The standard InChI is InChI=1S/C17H20O2S/c1-13-6-8-17(9-7-13)20-12-15(18)10-14-4-3-5-16(11-14)19-2/h3-9,11,15,18H,10,12H2,1-2H3. The van der Waals surface area contributed by atoms with Crippen molar-refractivity contribution < 1.29 is 9.84 Å². The van der Waals surface area contributed by atoms with Crippen molar-refractivity contribution in [2.75, 3.05) is 12.9 Å². The van der Waals surface area contributed by atoms with Gasteiger partial charge in [-0.05, 0) is 43.2 Å². The van der Waals surface area contributed by atoms with E-state index in [1.807, 2.05) is 24.3 Å². The number of aliphatic hydroxyl groups excluding tert-OH is 1. The van der Waals surface area contributed by atoms with Crippen molar-refractivity contribution in [1.29, 1.82) is 0 Å². The van der Waals surface area contributed by atoms with E-state index in [-0.39, 0.29) is 6.10 Å². The third-order valence-electron chi connectivity index (χ3n) is 3.07. The first-order valence-electron chi connectivity index (χ1n) is 6.68. The Morgan fingerprint density at radius 3 is 2.60 bits per heavy atom. The fourth-order valence-electron chi connectivity index (χ4n) is 1.96. The summed E-state index contributed by atoms with van der Waals surface area (Å²) in [6, 6.07) is 16.2. The minimum Gasteiger partial charge on any atom is -0.497 e. The van der Waals surface area contributed by atoms with Gasteiger partial charge in [0.2, 0.25) is 0 Å². The molecular formula is C17H20O2S. The van der Waals surface area contributed by atoms with Crippen LogP contribution in [-0.4, -0.2) is 24.1 Å². The number of benzene rings is 2. The summed E-state index contributed by atoms with van der Waals surface area (Å²) in [5.41, 5.74) is 2.35. The lowest BCUT2D eigenvalue weighted by Crippen LogP contribution is -2.13. The van der Waals surface area contributed by atoms with Crippen LogP contribution in [0.5, 0.6) is 5.75 Å².